The van der Waals surface area contributed by atoms with Crippen LogP contribution in [0, 0.1) is 0 Å². The van der Waals surface area contributed by atoms with Gasteiger partial charge in [0, 0.05) is 49.0 Å². The van der Waals surface area contributed by atoms with Gasteiger partial charge in [-0.05, 0) is 65.8 Å². The first-order valence-corrected chi connectivity index (χ1v) is 14.5. The summed E-state index contributed by atoms with van der Waals surface area (Å²) in [5.74, 6) is 0.143. The van der Waals surface area contributed by atoms with E-state index in [0.29, 0.717) is 38.0 Å². The monoisotopic (exact) mass is 529 g/mol. The van der Waals surface area contributed by atoms with Gasteiger partial charge in [-0.3, -0.25) is 14.8 Å². The predicted octanol–water partition coefficient (Wildman–Crippen LogP) is 3.85. The minimum Gasteiger partial charge on any atom is -0.268 e. The molecule has 0 saturated carbocycles. The molecule has 3 aromatic heterocycles. The molecule has 0 fully saturated rings. The lowest BCUT2D eigenvalue weighted by Crippen LogP contribution is -2.41. The molecule has 5 rings (SSSR count). The molecule has 9 heteroatoms. The molecule has 0 bridgehead atoms. The fraction of sp³-hybridized carbons (Fsp3) is 0.310. The number of hydrogen-bond acceptors (Lipinski definition) is 6. The van der Waals surface area contributed by atoms with Crippen LogP contribution < -0.4 is 5.56 Å². The van der Waals surface area contributed by atoms with Gasteiger partial charge in [0.15, 0.2) is 0 Å². The Morgan fingerprint density at radius 2 is 1.68 bits per heavy atom. The number of pyridine rings is 2. The molecule has 1 unspecified atom stereocenters. The summed E-state index contributed by atoms with van der Waals surface area (Å²) in [5, 5.41) is 4.61. The van der Waals surface area contributed by atoms with Gasteiger partial charge in [-0.1, -0.05) is 37.6 Å². The highest BCUT2D eigenvalue weighted by Gasteiger charge is 2.34. The van der Waals surface area contributed by atoms with Crippen molar-refractivity contribution in [1.29, 1.82) is 0 Å². The number of rotatable bonds is 10. The number of sulfonamides is 1. The normalized spacial score (nSPS) is 15.1. The number of fused-ring (bicyclic) bond motifs is 1. The summed E-state index contributed by atoms with van der Waals surface area (Å²) in [6.07, 6.45) is 9.59. The molecule has 0 saturated heterocycles. The molecule has 3 heterocycles. The Morgan fingerprint density at radius 1 is 0.947 bits per heavy atom. The Kier molecular flexibility index (Phi) is 7.76. The van der Waals surface area contributed by atoms with E-state index < -0.39 is 10.0 Å². The van der Waals surface area contributed by atoms with Crippen molar-refractivity contribution in [2.24, 2.45) is 0 Å². The molecule has 1 aliphatic carbocycles. The largest absolute Gasteiger partial charge is 0.268 e. The van der Waals surface area contributed by atoms with Gasteiger partial charge >= 0.3 is 0 Å². The van der Waals surface area contributed by atoms with Crippen LogP contribution >= 0.6 is 0 Å². The van der Waals surface area contributed by atoms with Gasteiger partial charge in [0.05, 0.1) is 18.0 Å². The SMILES string of the molecule is CCCCS(=O)(=O)N(Cc1cccnc1)C1Cc2ccc(-c3ccc(=O)n(Cc4cccnc4)n3)cc2C1. The zero-order valence-electron chi connectivity index (χ0n) is 21.4. The van der Waals surface area contributed by atoms with E-state index in [2.05, 4.69) is 27.2 Å². The van der Waals surface area contributed by atoms with Gasteiger partial charge in [-0.15, -0.1) is 0 Å². The second-order valence-electron chi connectivity index (χ2n) is 9.70. The minimum absolute atomic E-state index is 0.143. The van der Waals surface area contributed by atoms with Crippen LogP contribution in [0.5, 0.6) is 0 Å². The Morgan fingerprint density at radius 3 is 2.39 bits per heavy atom. The Bertz CT molecular complexity index is 1560. The van der Waals surface area contributed by atoms with Crippen molar-refractivity contribution in [2.45, 2.75) is 51.7 Å². The summed E-state index contributed by atoms with van der Waals surface area (Å²) in [6.45, 7) is 2.65. The summed E-state index contributed by atoms with van der Waals surface area (Å²) in [5.41, 5.74) is 5.45. The Balaban J connectivity index is 1.40. The summed E-state index contributed by atoms with van der Waals surface area (Å²) in [6, 6.07) is 16.8. The first kappa shape index (κ1) is 25.9. The smallest absolute Gasteiger partial charge is 0.267 e. The Hall–Kier alpha value is -3.69. The topological polar surface area (TPSA) is 98.1 Å². The number of hydrogen-bond donors (Lipinski definition) is 0. The van der Waals surface area contributed by atoms with Crippen molar-refractivity contribution >= 4 is 10.0 Å². The average molecular weight is 530 g/mol. The van der Waals surface area contributed by atoms with Gasteiger partial charge in [0.25, 0.3) is 5.56 Å². The van der Waals surface area contributed by atoms with Crippen molar-refractivity contribution in [3.05, 3.63) is 112 Å². The zero-order chi connectivity index (χ0) is 26.5. The third-order valence-electron chi connectivity index (χ3n) is 6.92. The molecule has 196 valence electrons. The average Bonchev–Trinajstić information content (AvgIpc) is 3.36. The van der Waals surface area contributed by atoms with Crippen LogP contribution in [0.1, 0.15) is 42.0 Å². The number of nitrogens with zero attached hydrogens (tertiary/aromatic N) is 5. The molecule has 0 amide bonds. The van der Waals surface area contributed by atoms with Crippen molar-refractivity contribution in [3.63, 3.8) is 0 Å². The minimum atomic E-state index is -3.44. The fourth-order valence-electron chi connectivity index (χ4n) is 4.91. The second kappa shape index (κ2) is 11.4. The molecule has 1 atom stereocenters. The third-order valence-corrected chi connectivity index (χ3v) is 8.86. The van der Waals surface area contributed by atoms with E-state index in [1.807, 2.05) is 37.3 Å². The van der Waals surface area contributed by atoms with Gasteiger partial charge in [0.2, 0.25) is 10.0 Å². The van der Waals surface area contributed by atoms with Gasteiger partial charge in [-0.25, -0.2) is 13.1 Å². The van der Waals surface area contributed by atoms with Crippen molar-refractivity contribution < 1.29 is 8.42 Å². The number of unbranched alkanes of at least 4 members (excludes halogenated alkanes) is 1. The Labute approximate surface area is 223 Å². The highest BCUT2D eigenvalue weighted by Crippen LogP contribution is 2.31. The standard InChI is InChI=1S/C29H31N5O3S/c1-2-3-14-38(36,37)34(21-23-7-5-13-31-19-23)27-16-24-8-9-25(15-26(24)17-27)28-10-11-29(35)33(32-28)20-22-6-4-12-30-18-22/h4-13,15,18-19,27H,2-3,14,16-17,20-21H2,1H3. The highest BCUT2D eigenvalue weighted by atomic mass is 32.2. The molecule has 8 nitrogen and oxygen atoms in total. The fourth-order valence-corrected chi connectivity index (χ4v) is 6.75. The maximum absolute atomic E-state index is 13.4. The first-order valence-electron chi connectivity index (χ1n) is 12.9. The maximum atomic E-state index is 13.4. The van der Waals surface area contributed by atoms with Gasteiger partial charge in [0.1, 0.15) is 0 Å². The van der Waals surface area contributed by atoms with Crippen LogP contribution in [0.4, 0.5) is 0 Å². The lowest BCUT2D eigenvalue weighted by Gasteiger charge is -2.28. The van der Waals surface area contributed by atoms with E-state index in [1.165, 1.54) is 10.7 Å². The van der Waals surface area contributed by atoms with E-state index in [9.17, 15) is 13.2 Å². The molecular formula is C29H31N5O3S. The van der Waals surface area contributed by atoms with Gasteiger partial charge in [-0.2, -0.15) is 9.40 Å². The maximum Gasteiger partial charge on any atom is 0.267 e. The first-order chi connectivity index (χ1) is 18.4. The lowest BCUT2D eigenvalue weighted by atomic mass is 10.0. The predicted molar refractivity (Wildman–Crippen MR) is 147 cm³/mol. The zero-order valence-corrected chi connectivity index (χ0v) is 22.2. The summed E-state index contributed by atoms with van der Waals surface area (Å²) in [4.78, 5) is 20.7. The summed E-state index contributed by atoms with van der Waals surface area (Å²) in [7, 11) is -3.44. The van der Waals surface area contributed by atoms with E-state index in [-0.39, 0.29) is 17.4 Å². The second-order valence-corrected chi connectivity index (χ2v) is 11.7. The van der Waals surface area contributed by atoms with E-state index in [4.69, 9.17) is 0 Å². The van der Waals surface area contributed by atoms with Crippen molar-refractivity contribution in [3.8, 4) is 11.3 Å². The van der Waals surface area contributed by atoms with Crippen LogP contribution in [0.15, 0.2) is 84.2 Å². The molecule has 1 aromatic carbocycles. The molecule has 0 aliphatic heterocycles. The third kappa shape index (κ3) is 5.89. The molecule has 0 N–H and O–H groups in total. The van der Waals surface area contributed by atoms with Crippen LogP contribution in [0.2, 0.25) is 0 Å². The number of benzene rings is 1. The van der Waals surface area contributed by atoms with Crippen molar-refractivity contribution in [2.75, 3.05) is 5.75 Å². The highest BCUT2D eigenvalue weighted by molar-refractivity contribution is 7.89. The molecule has 38 heavy (non-hydrogen) atoms. The molecule has 0 radical (unpaired) electrons. The van der Waals surface area contributed by atoms with E-state index in [0.717, 1.165) is 34.2 Å². The molecule has 1 aliphatic rings. The summed E-state index contributed by atoms with van der Waals surface area (Å²) < 4.78 is 29.9. The number of aromatic nitrogens is 4. The van der Waals surface area contributed by atoms with E-state index >= 15 is 0 Å². The molecular weight excluding hydrogens is 498 g/mol. The lowest BCUT2D eigenvalue weighted by molar-refractivity contribution is 0.319. The van der Waals surface area contributed by atoms with Crippen LogP contribution in [-0.4, -0.2) is 44.3 Å². The van der Waals surface area contributed by atoms with E-state index in [1.54, 1.807) is 35.2 Å². The van der Waals surface area contributed by atoms with Gasteiger partial charge < -0.3 is 0 Å². The quantitative estimate of drug-likeness (QED) is 0.310. The van der Waals surface area contributed by atoms with Crippen LogP contribution in [0.25, 0.3) is 11.3 Å². The van der Waals surface area contributed by atoms with Crippen LogP contribution in [0.3, 0.4) is 0 Å². The molecule has 4 aromatic rings. The van der Waals surface area contributed by atoms with Crippen molar-refractivity contribution in [1.82, 2.24) is 24.1 Å². The summed E-state index contributed by atoms with van der Waals surface area (Å²) >= 11 is 0. The molecule has 0 spiro atoms. The van der Waals surface area contributed by atoms with Crippen LogP contribution in [-0.2, 0) is 36.0 Å².